The molecule has 0 aromatic carbocycles. The van der Waals surface area contributed by atoms with E-state index in [2.05, 4.69) is 4.52 Å². The minimum absolute atomic E-state index is 0.0521. The average molecular weight is 102 g/mol. The second-order valence-electron chi connectivity index (χ2n) is 0.694. The highest BCUT2D eigenvalue weighted by Gasteiger charge is 1.87. The van der Waals surface area contributed by atoms with Crippen molar-refractivity contribution in [3.63, 3.8) is 0 Å². The van der Waals surface area contributed by atoms with Crippen molar-refractivity contribution in [2.24, 2.45) is 0 Å². The van der Waals surface area contributed by atoms with Gasteiger partial charge in [0.05, 0.1) is 17.3 Å². The van der Waals surface area contributed by atoms with Crippen LogP contribution in [-0.2, 0) is 9.32 Å². The number of rotatable bonds is 1. The summed E-state index contributed by atoms with van der Waals surface area (Å²) in [6.07, 6.45) is -0.0521. The first-order valence-corrected chi connectivity index (χ1v) is 1.88. The van der Waals surface area contributed by atoms with E-state index < -0.39 is 5.97 Å². The maximum Gasteiger partial charge on any atom is 0.299 e. The molecule has 0 saturated heterocycles. The van der Waals surface area contributed by atoms with Gasteiger partial charge in [-0.2, -0.15) is 0 Å². The van der Waals surface area contributed by atoms with Crippen molar-refractivity contribution in [3.05, 3.63) is 0 Å². The van der Waals surface area contributed by atoms with Crippen LogP contribution in [0.1, 0.15) is 0 Å². The molecule has 2 nitrogen and oxygen atoms in total. The first kappa shape index (κ1) is 5.96. The zero-order valence-corrected chi connectivity index (χ0v) is 4.33. The molecule has 0 rings (SSSR count). The lowest BCUT2D eigenvalue weighted by molar-refractivity contribution is -0.130. The summed E-state index contributed by atoms with van der Waals surface area (Å²) >= 11 is 0. The van der Waals surface area contributed by atoms with Gasteiger partial charge >= 0.3 is 0 Å². The van der Waals surface area contributed by atoms with Gasteiger partial charge in [0, 0.05) is 6.32 Å². The van der Waals surface area contributed by atoms with E-state index >= 15 is 0 Å². The van der Waals surface area contributed by atoms with Crippen LogP contribution in [0.2, 0.25) is 6.32 Å². The van der Waals surface area contributed by atoms with Crippen LogP contribution in [0.4, 0.5) is 0 Å². The van der Waals surface area contributed by atoms with Gasteiger partial charge in [0.15, 0.2) is 0 Å². The predicted molar refractivity (Wildman–Crippen MR) is 26.4 cm³/mol. The zero-order chi connectivity index (χ0) is 4.99. The fraction of sp³-hybridized carbons (Fsp3) is 0.500. The largest absolute Gasteiger partial charge is 0.452 e. The van der Waals surface area contributed by atoms with E-state index in [0.29, 0.717) is 0 Å². The van der Waals surface area contributed by atoms with Crippen molar-refractivity contribution < 1.29 is 9.32 Å². The molecule has 0 aromatic heterocycles. The third-order valence-corrected chi connectivity index (χ3v) is 0.561. The van der Waals surface area contributed by atoms with Crippen molar-refractivity contribution >= 4 is 23.3 Å². The van der Waals surface area contributed by atoms with Crippen molar-refractivity contribution in [2.45, 2.75) is 6.32 Å². The summed E-state index contributed by atoms with van der Waals surface area (Å²) in [5.74, 6) is -0.417. The van der Waals surface area contributed by atoms with E-state index in [1.54, 1.807) is 0 Å². The molecule has 0 aliphatic carbocycles. The van der Waals surface area contributed by atoms with Crippen molar-refractivity contribution in [2.75, 3.05) is 0 Å². The molecule has 0 aromatic rings. The second kappa shape index (κ2) is 3.17. The Hall–Kier alpha value is -0.0351. The summed E-state index contributed by atoms with van der Waals surface area (Å²) in [5, 5.41) is 0. The van der Waals surface area contributed by atoms with E-state index in [9.17, 15) is 4.79 Å². The molecule has 6 heavy (non-hydrogen) atoms. The Labute approximate surface area is 39.9 Å². The van der Waals surface area contributed by atoms with Gasteiger partial charge in [0.1, 0.15) is 0 Å². The summed E-state index contributed by atoms with van der Waals surface area (Å²) in [4.78, 5) is 9.81. The highest BCUT2D eigenvalue weighted by Crippen LogP contribution is 1.87. The monoisotopic (exact) mass is 102 g/mol. The first-order valence-electron chi connectivity index (χ1n) is 1.41. The molecule has 0 saturated carbocycles. The molecule has 0 fully saturated rings. The molecule has 0 bridgehead atoms. The average Bonchev–Trinajstić information content (AvgIpc) is 1.65. The Morgan fingerprint density at radius 3 is 2.50 bits per heavy atom. The lowest BCUT2D eigenvalue weighted by Crippen LogP contribution is -1.91. The van der Waals surface area contributed by atoms with E-state index in [-0.39, 0.29) is 6.32 Å². The summed E-state index contributed by atoms with van der Waals surface area (Å²) in [6.45, 7) is 0. The molecule has 0 aliphatic rings. The minimum Gasteiger partial charge on any atom is -0.452 e. The summed E-state index contributed by atoms with van der Waals surface area (Å²) < 4.78 is 4.05. The normalized spacial score (nSPS) is 7.50. The van der Waals surface area contributed by atoms with Crippen LogP contribution in [0, 0.1) is 0 Å². The van der Waals surface area contributed by atoms with E-state index in [0.717, 1.165) is 0 Å². The SMILES string of the molecule is [B]CC(=O)OP. The molecule has 1 unspecified atom stereocenters. The maximum atomic E-state index is 9.81. The predicted octanol–water partition coefficient (Wildman–Crippen LogP) is -0.0935. The van der Waals surface area contributed by atoms with Crippen LogP contribution >= 0.6 is 9.47 Å². The Bertz CT molecular complexity index is 49.5. The highest BCUT2D eigenvalue weighted by molar-refractivity contribution is 7.10. The first-order chi connectivity index (χ1) is 2.81. The van der Waals surface area contributed by atoms with Crippen LogP contribution < -0.4 is 0 Å². The topological polar surface area (TPSA) is 26.3 Å². The number of hydrogen-bond acceptors (Lipinski definition) is 2. The van der Waals surface area contributed by atoms with Gasteiger partial charge in [-0.05, 0) is 0 Å². The van der Waals surface area contributed by atoms with Gasteiger partial charge in [-0.1, -0.05) is 0 Å². The third-order valence-electron chi connectivity index (χ3n) is 0.298. The quantitative estimate of drug-likeness (QED) is 0.341. The molecule has 0 heterocycles. The smallest absolute Gasteiger partial charge is 0.299 e. The molecule has 0 N–H and O–H groups in total. The number of hydrogen-bond donors (Lipinski definition) is 0. The summed E-state index contributed by atoms with van der Waals surface area (Å²) in [7, 11) is 6.60. The number of carbonyl (C=O) groups is 1. The van der Waals surface area contributed by atoms with Gasteiger partial charge in [-0.25, -0.2) is 0 Å². The lowest BCUT2D eigenvalue weighted by Gasteiger charge is -1.86. The third kappa shape index (κ3) is 2.22. The standard InChI is InChI=1S/C2H4BO2P/c3-1-2(4)5-6/h1,6H2. The van der Waals surface area contributed by atoms with Crippen LogP contribution in [0.25, 0.3) is 0 Å². The Kier molecular flexibility index (Phi) is 3.15. The van der Waals surface area contributed by atoms with Gasteiger partial charge in [0.2, 0.25) is 0 Å². The molecule has 0 aliphatic heterocycles. The Morgan fingerprint density at radius 2 is 2.50 bits per heavy atom. The van der Waals surface area contributed by atoms with Crippen molar-refractivity contribution in [3.8, 4) is 0 Å². The van der Waals surface area contributed by atoms with Crippen molar-refractivity contribution in [1.82, 2.24) is 0 Å². The Balaban J connectivity index is 2.99. The fourth-order valence-electron chi connectivity index (χ4n) is 0.0481. The maximum absolute atomic E-state index is 9.81. The molecule has 32 valence electrons. The van der Waals surface area contributed by atoms with Crippen LogP contribution in [0.5, 0.6) is 0 Å². The van der Waals surface area contributed by atoms with E-state index in [1.165, 1.54) is 0 Å². The minimum atomic E-state index is -0.417. The fourth-order valence-corrected chi connectivity index (χ4v) is 0.144. The van der Waals surface area contributed by atoms with Gasteiger partial charge in [-0.15, -0.1) is 0 Å². The molecule has 2 radical (unpaired) electrons. The van der Waals surface area contributed by atoms with Crippen LogP contribution in [0.15, 0.2) is 0 Å². The van der Waals surface area contributed by atoms with Crippen LogP contribution in [0.3, 0.4) is 0 Å². The lowest BCUT2D eigenvalue weighted by atomic mass is 10.1. The number of carbonyl (C=O) groups excluding carboxylic acids is 1. The molecule has 0 spiro atoms. The van der Waals surface area contributed by atoms with Gasteiger partial charge in [-0.3, -0.25) is 4.79 Å². The van der Waals surface area contributed by atoms with Gasteiger partial charge in [0.25, 0.3) is 5.97 Å². The molecule has 4 heteroatoms. The molecule has 1 atom stereocenters. The molecular weight excluding hydrogens is 97.8 g/mol. The zero-order valence-electron chi connectivity index (χ0n) is 3.18. The second-order valence-corrected chi connectivity index (χ2v) is 0.930. The summed E-state index contributed by atoms with van der Waals surface area (Å²) in [6, 6.07) is 0. The van der Waals surface area contributed by atoms with Crippen LogP contribution in [-0.4, -0.2) is 13.8 Å². The molecule has 0 amide bonds. The van der Waals surface area contributed by atoms with Gasteiger partial charge < -0.3 is 4.52 Å². The van der Waals surface area contributed by atoms with Crippen molar-refractivity contribution in [1.29, 1.82) is 0 Å². The van der Waals surface area contributed by atoms with E-state index in [4.69, 9.17) is 7.85 Å². The summed E-state index contributed by atoms with van der Waals surface area (Å²) in [5.41, 5.74) is 0. The Morgan fingerprint density at radius 1 is 2.00 bits per heavy atom. The molecular formula is C2H4BO2P. The van der Waals surface area contributed by atoms with E-state index in [1.807, 2.05) is 9.47 Å². The highest BCUT2D eigenvalue weighted by atomic mass is 31.0.